The van der Waals surface area contributed by atoms with E-state index in [0.717, 1.165) is 18.1 Å². The number of carboxylic acids is 1. The molecule has 2 atom stereocenters. The zero-order valence-electron chi connectivity index (χ0n) is 18.2. The molecule has 6 nitrogen and oxygen atoms in total. The lowest BCUT2D eigenvalue weighted by Gasteiger charge is -2.18. The van der Waals surface area contributed by atoms with Crippen LogP contribution < -0.4 is 4.74 Å². The van der Waals surface area contributed by atoms with Crippen molar-refractivity contribution in [2.24, 2.45) is 5.92 Å². The molecule has 1 aromatic rings. The van der Waals surface area contributed by atoms with Crippen molar-refractivity contribution in [1.82, 2.24) is 0 Å². The van der Waals surface area contributed by atoms with Crippen LogP contribution in [0.4, 0.5) is 0 Å². The molecule has 1 N–H and O–H groups in total. The Morgan fingerprint density at radius 3 is 2.00 bits per heavy atom. The van der Waals surface area contributed by atoms with E-state index in [2.05, 4.69) is 32.9 Å². The third-order valence-electron chi connectivity index (χ3n) is 5.02. The zero-order valence-corrected chi connectivity index (χ0v) is 18.2. The van der Waals surface area contributed by atoms with Crippen LogP contribution in [0.15, 0.2) is 24.3 Å². The molecular formula is C23H38O6. The first kappa shape index (κ1) is 25.4. The average Bonchev–Trinajstić information content (AvgIpc) is 2.72. The highest BCUT2D eigenvalue weighted by atomic mass is 16.6. The van der Waals surface area contributed by atoms with Gasteiger partial charge in [-0.2, -0.15) is 0 Å². The van der Waals surface area contributed by atoms with E-state index in [4.69, 9.17) is 24.1 Å². The first-order chi connectivity index (χ1) is 14.1. The van der Waals surface area contributed by atoms with Gasteiger partial charge in [0.15, 0.2) is 0 Å². The summed E-state index contributed by atoms with van der Waals surface area (Å²) >= 11 is 0. The van der Waals surface area contributed by atoms with Crippen molar-refractivity contribution in [2.75, 3.05) is 46.2 Å². The van der Waals surface area contributed by atoms with Gasteiger partial charge in [0.05, 0.1) is 33.0 Å². The molecule has 2 unspecified atom stereocenters. The molecule has 0 radical (unpaired) electrons. The molecule has 0 spiro atoms. The number of rotatable bonds is 18. The highest BCUT2D eigenvalue weighted by Crippen LogP contribution is 2.28. The van der Waals surface area contributed by atoms with E-state index in [1.54, 1.807) is 0 Å². The van der Waals surface area contributed by atoms with Gasteiger partial charge >= 0.3 is 5.97 Å². The maximum absolute atomic E-state index is 10.3. The molecule has 0 saturated heterocycles. The average molecular weight is 411 g/mol. The fraction of sp³-hybridized carbons (Fsp3) is 0.696. The summed E-state index contributed by atoms with van der Waals surface area (Å²) < 4.78 is 21.3. The van der Waals surface area contributed by atoms with Crippen LogP contribution in [0.2, 0.25) is 0 Å². The number of ether oxygens (including phenoxy) is 4. The Morgan fingerprint density at radius 2 is 1.45 bits per heavy atom. The number of aliphatic carboxylic acids is 1. The van der Waals surface area contributed by atoms with Crippen LogP contribution in [-0.2, 0) is 19.0 Å². The van der Waals surface area contributed by atoms with Crippen molar-refractivity contribution in [2.45, 2.75) is 52.4 Å². The minimum absolute atomic E-state index is 0.266. The lowest BCUT2D eigenvalue weighted by Crippen LogP contribution is -2.14. The van der Waals surface area contributed by atoms with Crippen molar-refractivity contribution >= 4 is 5.97 Å². The normalized spacial score (nSPS) is 13.2. The lowest BCUT2D eigenvalue weighted by atomic mass is 9.88. The summed E-state index contributed by atoms with van der Waals surface area (Å²) in [6.45, 7) is 9.07. The molecule has 0 amide bonds. The van der Waals surface area contributed by atoms with E-state index < -0.39 is 5.97 Å². The van der Waals surface area contributed by atoms with Crippen molar-refractivity contribution in [3.8, 4) is 5.75 Å². The molecule has 29 heavy (non-hydrogen) atoms. The van der Waals surface area contributed by atoms with Crippen LogP contribution in [-0.4, -0.2) is 57.3 Å². The van der Waals surface area contributed by atoms with Crippen LogP contribution in [0.1, 0.15) is 57.9 Å². The minimum Gasteiger partial charge on any atom is -0.491 e. The number of hydrogen-bond donors (Lipinski definition) is 1. The molecule has 0 saturated carbocycles. The fourth-order valence-corrected chi connectivity index (χ4v) is 2.95. The smallest absolute Gasteiger partial charge is 0.329 e. The number of carboxylic acid groups (broad SMARTS) is 1. The summed E-state index contributed by atoms with van der Waals surface area (Å²) in [5.41, 5.74) is 1.39. The van der Waals surface area contributed by atoms with E-state index in [1.807, 2.05) is 12.1 Å². The van der Waals surface area contributed by atoms with Gasteiger partial charge in [-0.25, -0.2) is 4.79 Å². The minimum atomic E-state index is -0.977. The van der Waals surface area contributed by atoms with Gasteiger partial charge in [-0.15, -0.1) is 0 Å². The molecule has 0 aromatic heterocycles. The highest BCUT2D eigenvalue weighted by Gasteiger charge is 2.11. The van der Waals surface area contributed by atoms with Gasteiger partial charge in [-0.1, -0.05) is 45.7 Å². The molecule has 0 fully saturated rings. The number of benzene rings is 1. The van der Waals surface area contributed by atoms with Crippen molar-refractivity contribution < 1.29 is 28.8 Å². The fourth-order valence-electron chi connectivity index (χ4n) is 2.95. The van der Waals surface area contributed by atoms with E-state index in [1.165, 1.54) is 24.8 Å². The van der Waals surface area contributed by atoms with E-state index in [0.29, 0.717) is 39.0 Å². The second kappa shape index (κ2) is 16.2. The van der Waals surface area contributed by atoms with Crippen LogP contribution in [0.3, 0.4) is 0 Å². The summed E-state index contributed by atoms with van der Waals surface area (Å²) in [6.07, 6.45) is 4.94. The van der Waals surface area contributed by atoms with Gasteiger partial charge in [-0.3, -0.25) is 0 Å². The standard InChI is InChI=1S/C23H38O6/c1-4-19(3)6-7-20(5-2)21-8-10-22(11-9-21)29-17-16-27-13-12-26-14-15-28-18-23(24)25/h8-11,19-20H,4-7,12-18H2,1-3H3,(H,24,25). The summed E-state index contributed by atoms with van der Waals surface area (Å²) in [5, 5.41) is 8.42. The second-order valence-corrected chi connectivity index (χ2v) is 7.28. The molecule has 0 aliphatic rings. The summed E-state index contributed by atoms with van der Waals surface area (Å²) in [6, 6.07) is 8.45. The van der Waals surface area contributed by atoms with Gasteiger partial charge in [-0.05, 0) is 42.4 Å². The van der Waals surface area contributed by atoms with Crippen LogP contribution >= 0.6 is 0 Å². The van der Waals surface area contributed by atoms with Gasteiger partial charge in [0.2, 0.25) is 0 Å². The van der Waals surface area contributed by atoms with Gasteiger partial charge in [0.1, 0.15) is 19.0 Å². The van der Waals surface area contributed by atoms with E-state index in [9.17, 15) is 4.79 Å². The van der Waals surface area contributed by atoms with Gasteiger partial charge < -0.3 is 24.1 Å². The summed E-state index contributed by atoms with van der Waals surface area (Å²) in [4.78, 5) is 10.3. The predicted molar refractivity (Wildman–Crippen MR) is 114 cm³/mol. The number of carbonyl (C=O) groups is 1. The SMILES string of the molecule is CCC(C)CCC(CC)c1ccc(OCCOCCOCCOCC(=O)O)cc1. The Balaban J connectivity index is 2.11. The Morgan fingerprint density at radius 1 is 0.862 bits per heavy atom. The lowest BCUT2D eigenvalue weighted by molar-refractivity contribution is -0.142. The van der Waals surface area contributed by atoms with Crippen molar-refractivity contribution in [3.63, 3.8) is 0 Å². The van der Waals surface area contributed by atoms with E-state index in [-0.39, 0.29) is 13.2 Å². The molecule has 0 aliphatic heterocycles. The van der Waals surface area contributed by atoms with Crippen LogP contribution in [0, 0.1) is 5.92 Å². The Kier molecular flexibility index (Phi) is 14.2. The first-order valence-corrected chi connectivity index (χ1v) is 10.7. The maximum Gasteiger partial charge on any atom is 0.329 e. The molecule has 0 heterocycles. The quantitative estimate of drug-likeness (QED) is 0.359. The predicted octanol–water partition coefficient (Wildman–Crippen LogP) is 4.52. The molecule has 0 bridgehead atoms. The second-order valence-electron chi connectivity index (χ2n) is 7.28. The topological polar surface area (TPSA) is 74.2 Å². The molecule has 1 rings (SSSR count). The molecule has 0 aliphatic carbocycles. The molecule has 6 heteroatoms. The molecular weight excluding hydrogens is 372 g/mol. The first-order valence-electron chi connectivity index (χ1n) is 10.7. The Labute approximate surface area is 175 Å². The summed E-state index contributed by atoms with van der Waals surface area (Å²) in [5.74, 6) is 1.30. The highest BCUT2D eigenvalue weighted by molar-refractivity contribution is 5.67. The molecule has 1 aromatic carbocycles. The largest absolute Gasteiger partial charge is 0.491 e. The zero-order chi connectivity index (χ0) is 21.3. The van der Waals surface area contributed by atoms with Crippen molar-refractivity contribution in [3.05, 3.63) is 29.8 Å². The summed E-state index contributed by atoms with van der Waals surface area (Å²) in [7, 11) is 0. The van der Waals surface area contributed by atoms with Crippen LogP contribution in [0.5, 0.6) is 5.75 Å². The van der Waals surface area contributed by atoms with Gasteiger partial charge in [0, 0.05) is 0 Å². The monoisotopic (exact) mass is 410 g/mol. The molecule has 166 valence electrons. The Bertz CT molecular complexity index is 531. The van der Waals surface area contributed by atoms with E-state index >= 15 is 0 Å². The van der Waals surface area contributed by atoms with Gasteiger partial charge in [0.25, 0.3) is 0 Å². The third kappa shape index (κ3) is 12.5. The third-order valence-corrected chi connectivity index (χ3v) is 5.02. The number of hydrogen-bond acceptors (Lipinski definition) is 5. The van der Waals surface area contributed by atoms with Crippen molar-refractivity contribution in [1.29, 1.82) is 0 Å². The Hall–Kier alpha value is -1.63. The maximum atomic E-state index is 10.3. The van der Waals surface area contributed by atoms with Crippen LogP contribution in [0.25, 0.3) is 0 Å².